The number of piperidine rings is 3. The van der Waals surface area contributed by atoms with E-state index in [1.807, 2.05) is 11.4 Å². The van der Waals surface area contributed by atoms with E-state index in [0.29, 0.717) is 12.0 Å². The van der Waals surface area contributed by atoms with E-state index in [0.717, 1.165) is 15.9 Å². The second kappa shape index (κ2) is 4.71. The van der Waals surface area contributed by atoms with Crippen molar-refractivity contribution in [2.24, 2.45) is 5.92 Å². The molecule has 3 saturated heterocycles. The van der Waals surface area contributed by atoms with Crippen molar-refractivity contribution in [1.82, 2.24) is 10.2 Å². The maximum Gasteiger partial charge on any atom is 0.262 e. The Morgan fingerprint density at radius 1 is 1.47 bits per heavy atom. The lowest BCUT2D eigenvalue weighted by Gasteiger charge is -2.44. The fourth-order valence-corrected chi connectivity index (χ4v) is 4.27. The number of nitrogens with one attached hydrogen (secondary N) is 1. The first kappa shape index (κ1) is 11.7. The Kier molecular flexibility index (Phi) is 3.23. The van der Waals surface area contributed by atoms with Crippen LogP contribution in [0.3, 0.4) is 0 Å². The lowest BCUT2D eigenvalue weighted by molar-refractivity contribution is 0.0622. The molecule has 1 aromatic rings. The molecule has 1 atom stereocenters. The van der Waals surface area contributed by atoms with Crippen LogP contribution in [0, 0.1) is 5.92 Å². The number of hydrogen-bond donors (Lipinski definition) is 1. The summed E-state index contributed by atoms with van der Waals surface area (Å²) in [5.74, 6) is 0.758. The third kappa shape index (κ3) is 2.28. The van der Waals surface area contributed by atoms with E-state index in [1.54, 1.807) is 0 Å². The van der Waals surface area contributed by atoms with E-state index in [1.165, 1.54) is 37.3 Å². The highest BCUT2D eigenvalue weighted by molar-refractivity contribution is 9.10. The number of hydrogen-bond acceptors (Lipinski definition) is 3. The summed E-state index contributed by atoms with van der Waals surface area (Å²) >= 11 is 4.91. The molecule has 4 rings (SSSR count). The van der Waals surface area contributed by atoms with Crippen molar-refractivity contribution in [2.45, 2.75) is 18.9 Å². The van der Waals surface area contributed by atoms with Crippen LogP contribution < -0.4 is 5.32 Å². The maximum absolute atomic E-state index is 12.1. The molecule has 4 heterocycles. The highest BCUT2D eigenvalue weighted by atomic mass is 79.9. The first-order valence-electron chi connectivity index (χ1n) is 6.00. The molecule has 3 fully saturated rings. The molecule has 5 heteroatoms. The van der Waals surface area contributed by atoms with Crippen LogP contribution in [0.15, 0.2) is 15.9 Å². The number of thiophene rings is 1. The summed E-state index contributed by atoms with van der Waals surface area (Å²) < 4.78 is 0.904. The zero-order chi connectivity index (χ0) is 11.8. The summed E-state index contributed by atoms with van der Waals surface area (Å²) in [6, 6.07) is 2.27. The third-order valence-corrected chi connectivity index (χ3v) is 5.63. The van der Waals surface area contributed by atoms with Crippen LogP contribution in [0.5, 0.6) is 0 Å². The van der Waals surface area contributed by atoms with Crippen molar-refractivity contribution in [2.75, 3.05) is 19.6 Å². The standard InChI is InChI=1S/C12H15BrN2OS/c13-9-3-6-17-11(9)12(16)14-10-7-15-4-1-8(10)2-5-15/h3,6,8,10H,1-2,4-5,7H2,(H,14,16). The maximum atomic E-state index is 12.1. The summed E-state index contributed by atoms with van der Waals surface area (Å²) in [5, 5.41) is 5.13. The number of halogens is 1. The predicted molar refractivity (Wildman–Crippen MR) is 72.4 cm³/mol. The van der Waals surface area contributed by atoms with E-state index in [-0.39, 0.29) is 5.91 Å². The number of fused-ring (bicyclic) bond motifs is 3. The summed E-state index contributed by atoms with van der Waals surface area (Å²) in [7, 11) is 0. The van der Waals surface area contributed by atoms with Crippen molar-refractivity contribution in [3.05, 3.63) is 20.8 Å². The fourth-order valence-electron chi connectivity index (χ4n) is 2.82. The van der Waals surface area contributed by atoms with Gasteiger partial charge in [0.05, 0.1) is 0 Å². The Labute approximate surface area is 113 Å². The van der Waals surface area contributed by atoms with Crippen LogP contribution in [-0.2, 0) is 0 Å². The minimum Gasteiger partial charge on any atom is -0.347 e. The molecular weight excluding hydrogens is 300 g/mol. The molecule has 1 amide bonds. The number of rotatable bonds is 2. The van der Waals surface area contributed by atoms with E-state index >= 15 is 0 Å². The first-order valence-corrected chi connectivity index (χ1v) is 7.67. The summed E-state index contributed by atoms with van der Waals surface area (Å²) in [6.45, 7) is 3.44. The van der Waals surface area contributed by atoms with E-state index in [2.05, 4.69) is 26.1 Å². The van der Waals surface area contributed by atoms with Crippen LogP contribution >= 0.6 is 27.3 Å². The fraction of sp³-hybridized carbons (Fsp3) is 0.583. The van der Waals surface area contributed by atoms with Gasteiger partial charge < -0.3 is 10.2 Å². The lowest BCUT2D eigenvalue weighted by Crippen LogP contribution is -2.57. The van der Waals surface area contributed by atoms with Gasteiger partial charge in [0, 0.05) is 17.1 Å². The first-order chi connectivity index (χ1) is 8.24. The van der Waals surface area contributed by atoms with E-state index in [4.69, 9.17) is 0 Å². The largest absolute Gasteiger partial charge is 0.347 e. The Hall–Kier alpha value is -0.390. The zero-order valence-electron chi connectivity index (χ0n) is 9.49. The topological polar surface area (TPSA) is 32.3 Å². The van der Waals surface area contributed by atoms with Gasteiger partial charge in [0.25, 0.3) is 5.91 Å². The van der Waals surface area contributed by atoms with Gasteiger partial charge in [-0.25, -0.2) is 0 Å². The monoisotopic (exact) mass is 314 g/mol. The van der Waals surface area contributed by atoms with Crippen LogP contribution in [-0.4, -0.2) is 36.5 Å². The van der Waals surface area contributed by atoms with Gasteiger partial charge in [-0.1, -0.05) is 0 Å². The number of nitrogens with zero attached hydrogens (tertiary/aromatic N) is 1. The molecule has 92 valence electrons. The molecular formula is C12H15BrN2OS. The highest BCUT2D eigenvalue weighted by Crippen LogP contribution is 2.28. The minimum atomic E-state index is 0.0747. The van der Waals surface area contributed by atoms with E-state index < -0.39 is 0 Å². The van der Waals surface area contributed by atoms with Gasteiger partial charge in [0.2, 0.25) is 0 Å². The average Bonchev–Trinajstić information content (AvgIpc) is 2.77. The molecule has 2 bridgehead atoms. The van der Waals surface area contributed by atoms with Crippen molar-refractivity contribution >= 4 is 33.2 Å². The molecule has 1 unspecified atom stereocenters. The molecule has 1 aromatic heterocycles. The molecule has 3 aliphatic rings. The molecule has 0 radical (unpaired) electrons. The van der Waals surface area contributed by atoms with Gasteiger partial charge in [-0.15, -0.1) is 11.3 Å². The summed E-state index contributed by atoms with van der Waals surface area (Å²) in [4.78, 5) is 15.4. The second-order valence-electron chi connectivity index (χ2n) is 4.82. The van der Waals surface area contributed by atoms with Gasteiger partial charge in [-0.2, -0.15) is 0 Å². The van der Waals surface area contributed by atoms with Crippen molar-refractivity contribution < 1.29 is 4.79 Å². The normalized spacial score (nSPS) is 31.5. The molecule has 0 spiro atoms. The van der Waals surface area contributed by atoms with Crippen molar-refractivity contribution in [3.8, 4) is 0 Å². The van der Waals surface area contributed by atoms with E-state index in [9.17, 15) is 4.79 Å². The Morgan fingerprint density at radius 2 is 2.24 bits per heavy atom. The van der Waals surface area contributed by atoms with Crippen LogP contribution in [0.4, 0.5) is 0 Å². The lowest BCUT2D eigenvalue weighted by atomic mass is 9.84. The predicted octanol–water partition coefficient (Wildman–Crippen LogP) is 2.33. The molecule has 3 aliphatic heterocycles. The molecule has 0 aromatic carbocycles. The second-order valence-corrected chi connectivity index (χ2v) is 6.59. The van der Waals surface area contributed by atoms with Gasteiger partial charge in [0.1, 0.15) is 4.88 Å². The smallest absolute Gasteiger partial charge is 0.262 e. The molecule has 17 heavy (non-hydrogen) atoms. The van der Waals surface area contributed by atoms with Crippen LogP contribution in [0.25, 0.3) is 0 Å². The number of carbonyl (C=O) groups is 1. The van der Waals surface area contributed by atoms with Crippen molar-refractivity contribution in [1.29, 1.82) is 0 Å². The Morgan fingerprint density at radius 3 is 2.76 bits per heavy atom. The van der Waals surface area contributed by atoms with Gasteiger partial charge >= 0.3 is 0 Å². The average molecular weight is 315 g/mol. The quantitative estimate of drug-likeness (QED) is 0.908. The minimum absolute atomic E-state index is 0.0747. The number of carbonyl (C=O) groups excluding carboxylic acids is 1. The van der Waals surface area contributed by atoms with Crippen LogP contribution in [0.2, 0.25) is 0 Å². The molecule has 1 N–H and O–H groups in total. The van der Waals surface area contributed by atoms with Crippen LogP contribution in [0.1, 0.15) is 22.5 Å². The van der Waals surface area contributed by atoms with Gasteiger partial charge in [-0.3, -0.25) is 4.79 Å². The highest BCUT2D eigenvalue weighted by Gasteiger charge is 2.35. The van der Waals surface area contributed by atoms with Gasteiger partial charge in [0.15, 0.2) is 0 Å². The summed E-state index contributed by atoms with van der Waals surface area (Å²) in [6.07, 6.45) is 2.47. The molecule has 0 saturated carbocycles. The Bertz CT molecular complexity index is 426. The molecule has 3 nitrogen and oxygen atoms in total. The number of amides is 1. The summed E-state index contributed by atoms with van der Waals surface area (Å²) in [5.41, 5.74) is 0. The SMILES string of the molecule is O=C(NC1CN2CCC1CC2)c1sccc1Br. The Balaban J connectivity index is 1.68. The third-order valence-electron chi connectivity index (χ3n) is 3.80. The van der Waals surface area contributed by atoms with Gasteiger partial charge in [-0.05, 0) is 59.2 Å². The molecule has 0 aliphatic carbocycles. The van der Waals surface area contributed by atoms with Crippen molar-refractivity contribution in [3.63, 3.8) is 0 Å². The zero-order valence-corrected chi connectivity index (χ0v) is 11.9.